The monoisotopic (exact) mass is 501 g/mol. The molecule has 2 N–H and O–H groups in total. The van der Waals surface area contributed by atoms with E-state index in [4.69, 9.17) is 4.74 Å². The minimum atomic E-state index is -0.0705. The van der Waals surface area contributed by atoms with Crippen molar-refractivity contribution in [1.29, 1.82) is 0 Å². The molecule has 0 aliphatic heterocycles. The molecular weight excluding hydrogens is 470 g/mol. The van der Waals surface area contributed by atoms with Crippen LogP contribution >= 0.6 is 11.8 Å². The summed E-state index contributed by atoms with van der Waals surface area (Å²) in [6.07, 6.45) is 2.06. The Hall–Kier alpha value is -3.71. The number of amides is 2. The van der Waals surface area contributed by atoms with Gasteiger partial charge >= 0.3 is 0 Å². The fraction of sp³-hybridized carbons (Fsp3) is 0.241. The summed E-state index contributed by atoms with van der Waals surface area (Å²) in [5.41, 5.74) is 4.65. The second kappa shape index (κ2) is 11.8. The molecule has 6 nitrogen and oxygen atoms in total. The number of hydrogen-bond donors (Lipinski definition) is 2. The minimum Gasteiger partial charge on any atom is -0.494 e. The van der Waals surface area contributed by atoms with Crippen LogP contribution in [0.25, 0.3) is 10.9 Å². The number of ether oxygens (including phenoxy) is 1. The summed E-state index contributed by atoms with van der Waals surface area (Å²) < 4.78 is 7.57. The predicted molar refractivity (Wildman–Crippen MR) is 147 cm³/mol. The molecule has 0 saturated carbocycles. The largest absolute Gasteiger partial charge is 0.494 e. The van der Waals surface area contributed by atoms with Gasteiger partial charge in [-0.1, -0.05) is 35.4 Å². The van der Waals surface area contributed by atoms with Gasteiger partial charge in [0.25, 0.3) is 5.91 Å². The Morgan fingerprint density at radius 2 is 1.69 bits per heavy atom. The molecule has 0 fully saturated rings. The lowest BCUT2D eigenvalue weighted by atomic mass is 10.1. The van der Waals surface area contributed by atoms with E-state index >= 15 is 0 Å². The second-order valence-electron chi connectivity index (χ2n) is 8.63. The maximum atomic E-state index is 12.6. The van der Waals surface area contributed by atoms with Gasteiger partial charge in [0.05, 0.1) is 12.4 Å². The van der Waals surface area contributed by atoms with Crippen LogP contribution in [0.3, 0.4) is 0 Å². The van der Waals surface area contributed by atoms with Gasteiger partial charge in [-0.05, 0) is 63.2 Å². The van der Waals surface area contributed by atoms with Gasteiger partial charge in [-0.3, -0.25) is 9.59 Å². The first-order valence-corrected chi connectivity index (χ1v) is 13.0. The van der Waals surface area contributed by atoms with Gasteiger partial charge in [-0.25, -0.2) is 0 Å². The third-order valence-corrected chi connectivity index (χ3v) is 6.72. The van der Waals surface area contributed by atoms with Crippen LogP contribution in [-0.4, -0.2) is 35.3 Å². The van der Waals surface area contributed by atoms with Gasteiger partial charge in [0.2, 0.25) is 5.91 Å². The third-order valence-electron chi connectivity index (χ3n) is 5.68. The molecule has 0 spiro atoms. The van der Waals surface area contributed by atoms with E-state index in [2.05, 4.69) is 39.6 Å². The number of hydrogen-bond acceptors (Lipinski definition) is 4. The average Bonchev–Trinajstić information content (AvgIpc) is 3.21. The zero-order valence-electron chi connectivity index (χ0n) is 20.8. The van der Waals surface area contributed by atoms with Gasteiger partial charge in [0.1, 0.15) is 5.75 Å². The zero-order valence-corrected chi connectivity index (χ0v) is 21.7. The normalized spacial score (nSPS) is 10.9. The Bertz CT molecular complexity index is 1340. The van der Waals surface area contributed by atoms with Crippen LogP contribution in [0.4, 0.5) is 5.69 Å². The van der Waals surface area contributed by atoms with Crippen molar-refractivity contribution in [2.24, 2.45) is 0 Å². The maximum Gasteiger partial charge on any atom is 0.251 e. The molecule has 0 unspecified atom stereocenters. The van der Waals surface area contributed by atoms with E-state index in [1.165, 1.54) is 11.8 Å². The SMILES string of the molecule is CCOc1ccc(NC(=O)CSc2cn(CCNC(=O)c3cc(C)cc(C)c3)c3ccccc23)cc1. The van der Waals surface area contributed by atoms with Gasteiger partial charge in [0.15, 0.2) is 0 Å². The number of thioether (sulfide) groups is 1. The molecule has 0 saturated heterocycles. The van der Waals surface area contributed by atoms with Crippen LogP contribution in [0, 0.1) is 13.8 Å². The summed E-state index contributed by atoms with van der Waals surface area (Å²) in [6, 6.07) is 21.4. The quantitative estimate of drug-likeness (QED) is 0.269. The number of benzene rings is 3. The molecule has 3 aromatic carbocycles. The van der Waals surface area contributed by atoms with Crippen molar-refractivity contribution in [3.8, 4) is 5.75 Å². The minimum absolute atomic E-state index is 0.0679. The number of aromatic nitrogens is 1. The highest BCUT2D eigenvalue weighted by atomic mass is 32.2. The van der Waals surface area contributed by atoms with Crippen molar-refractivity contribution in [2.75, 3.05) is 24.2 Å². The fourth-order valence-corrected chi connectivity index (χ4v) is 5.04. The molecule has 186 valence electrons. The molecular formula is C29H31N3O3S. The van der Waals surface area contributed by atoms with E-state index in [0.717, 1.165) is 38.4 Å². The smallest absolute Gasteiger partial charge is 0.251 e. The number of fused-ring (bicyclic) bond motifs is 1. The topological polar surface area (TPSA) is 72.4 Å². The van der Waals surface area contributed by atoms with Crippen LogP contribution in [0.15, 0.2) is 77.8 Å². The summed E-state index contributed by atoms with van der Waals surface area (Å²) in [5, 5.41) is 7.06. The van der Waals surface area contributed by atoms with Crippen LogP contribution in [-0.2, 0) is 11.3 Å². The molecule has 1 heterocycles. The first kappa shape index (κ1) is 25.4. The number of carbonyl (C=O) groups is 2. The highest BCUT2D eigenvalue weighted by Crippen LogP contribution is 2.30. The lowest BCUT2D eigenvalue weighted by Gasteiger charge is -2.09. The highest BCUT2D eigenvalue weighted by molar-refractivity contribution is 8.00. The van der Waals surface area contributed by atoms with Crippen LogP contribution in [0.1, 0.15) is 28.4 Å². The molecule has 0 aliphatic rings. The van der Waals surface area contributed by atoms with Crippen molar-refractivity contribution in [3.05, 3.63) is 89.6 Å². The molecule has 0 bridgehead atoms. The summed E-state index contributed by atoms with van der Waals surface area (Å²) in [6.45, 7) is 7.67. The van der Waals surface area contributed by atoms with Crippen molar-refractivity contribution in [1.82, 2.24) is 9.88 Å². The highest BCUT2D eigenvalue weighted by Gasteiger charge is 2.12. The van der Waals surface area contributed by atoms with Gasteiger partial charge in [-0.2, -0.15) is 0 Å². The molecule has 0 aliphatic carbocycles. The average molecular weight is 502 g/mol. The van der Waals surface area contributed by atoms with Crippen LogP contribution < -0.4 is 15.4 Å². The van der Waals surface area contributed by atoms with Crippen molar-refractivity contribution < 1.29 is 14.3 Å². The van der Waals surface area contributed by atoms with E-state index in [9.17, 15) is 9.59 Å². The first-order chi connectivity index (χ1) is 17.4. The van der Waals surface area contributed by atoms with Crippen LogP contribution in [0.2, 0.25) is 0 Å². The number of carbonyl (C=O) groups excluding carboxylic acids is 2. The third kappa shape index (κ3) is 6.49. The molecule has 36 heavy (non-hydrogen) atoms. The summed E-state index contributed by atoms with van der Waals surface area (Å²) in [4.78, 5) is 26.2. The lowest BCUT2D eigenvalue weighted by molar-refractivity contribution is -0.113. The van der Waals surface area contributed by atoms with E-state index in [0.29, 0.717) is 31.0 Å². The molecule has 2 amide bonds. The zero-order chi connectivity index (χ0) is 25.5. The summed E-state index contributed by atoms with van der Waals surface area (Å²) >= 11 is 1.50. The predicted octanol–water partition coefficient (Wildman–Crippen LogP) is 5.82. The Balaban J connectivity index is 1.36. The number of anilines is 1. The Morgan fingerprint density at radius 1 is 0.972 bits per heavy atom. The molecule has 0 atom stereocenters. The van der Waals surface area contributed by atoms with Crippen molar-refractivity contribution in [3.63, 3.8) is 0 Å². The molecule has 7 heteroatoms. The standard InChI is InChI=1S/C29H31N3O3S/c1-4-35-24-11-9-23(10-12-24)31-28(33)19-36-27-18-32(26-8-6-5-7-25(26)27)14-13-30-29(34)22-16-20(2)15-21(3)17-22/h5-12,15-18H,4,13-14,19H2,1-3H3,(H,30,34)(H,31,33). The Labute approximate surface area is 216 Å². The van der Waals surface area contributed by atoms with E-state index in [1.54, 1.807) is 0 Å². The lowest BCUT2D eigenvalue weighted by Crippen LogP contribution is -2.27. The Kier molecular flexibility index (Phi) is 8.33. The van der Waals surface area contributed by atoms with E-state index < -0.39 is 0 Å². The van der Waals surface area contributed by atoms with Crippen molar-refractivity contribution >= 4 is 40.2 Å². The number of rotatable bonds is 10. The molecule has 4 aromatic rings. The summed E-state index contributed by atoms with van der Waals surface area (Å²) in [7, 11) is 0. The maximum absolute atomic E-state index is 12.6. The Morgan fingerprint density at radius 3 is 2.42 bits per heavy atom. The van der Waals surface area contributed by atoms with Gasteiger partial charge in [0, 0.05) is 46.3 Å². The molecule has 1 aromatic heterocycles. The molecule has 4 rings (SSSR count). The summed E-state index contributed by atoms with van der Waals surface area (Å²) in [5.74, 6) is 0.938. The van der Waals surface area contributed by atoms with Gasteiger partial charge in [-0.15, -0.1) is 11.8 Å². The first-order valence-electron chi connectivity index (χ1n) is 12.0. The number of nitrogens with zero attached hydrogens (tertiary/aromatic N) is 1. The van der Waals surface area contributed by atoms with E-state index in [1.807, 2.05) is 69.3 Å². The van der Waals surface area contributed by atoms with Gasteiger partial charge < -0.3 is 19.9 Å². The fourth-order valence-electron chi connectivity index (χ4n) is 4.15. The second-order valence-corrected chi connectivity index (χ2v) is 9.65. The number of aryl methyl sites for hydroxylation is 2. The number of nitrogens with one attached hydrogen (secondary N) is 2. The van der Waals surface area contributed by atoms with Crippen LogP contribution in [0.5, 0.6) is 5.75 Å². The van der Waals surface area contributed by atoms with E-state index in [-0.39, 0.29) is 11.8 Å². The van der Waals surface area contributed by atoms with Crippen molar-refractivity contribution in [2.45, 2.75) is 32.2 Å². The molecule has 0 radical (unpaired) electrons. The number of para-hydroxylation sites is 1.